The van der Waals surface area contributed by atoms with E-state index in [1.807, 2.05) is 25.1 Å². The number of ether oxygens (including phenoxy) is 1. The molecule has 2 aliphatic rings. The molecule has 4 rings (SSSR count). The number of halogens is 2. The number of hydrogen-bond donors (Lipinski definition) is 0. The highest BCUT2D eigenvalue weighted by Crippen LogP contribution is 2.40. The van der Waals surface area contributed by atoms with Crippen LogP contribution in [0.15, 0.2) is 47.5 Å². The maximum Gasteiger partial charge on any atom is 0.244 e. The van der Waals surface area contributed by atoms with Crippen molar-refractivity contribution in [3.63, 3.8) is 0 Å². The average Bonchev–Trinajstić information content (AvgIpc) is 2.91. The van der Waals surface area contributed by atoms with Crippen molar-refractivity contribution in [2.45, 2.75) is 49.2 Å². The lowest BCUT2D eigenvalue weighted by molar-refractivity contribution is -0.137. The van der Waals surface area contributed by atoms with Crippen LogP contribution in [0.3, 0.4) is 0 Å². The lowest BCUT2D eigenvalue weighted by Gasteiger charge is -2.40. The number of piperidine rings is 1. The van der Waals surface area contributed by atoms with Crippen molar-refractivity contribution < 1.29 is 17.9 Å². The van der Waals surface area contributed by atoms with Crippen molar-refractivity contribution in [2.75, 3.05) is 19.8 Å². The fourth-order valence-electron chi connectivity index (χ4n) is 5.05. The van der Waals surface area contributed by atoms with Crippen LogP contribution in [0.2, 0.25) is 10.0 Å². The van der Waals surface area contributed by atoms with E-state index in [0.29, 0.717) is 19.4 Å². The van der Waals surface area contributed by atoms with E-state index in [2.05, 4.69) is 10.9 Å². The molecule has 2 saturated heterocycles. The zero-order valence-electron chi connectivity index (χ0n) is 19.3. The first-order valence-electron chi connectivity index (χ1n) is 11.5. The summed E-state index contributed by atoms with van der Waals surface area (Å²) in [5, 5.41) is 0.420. The van der Waals surface area contributed by atoms with Gasteiger partial charge in [-0.3, -0.25) is 9.78 Å². The first kappa shape index (κ1) is 25.9. The van der Waals surface area contributed by atoms with E-state index in [1.165, 1.54) is 22.5 Å². The lowest BCUT2D eigenvalue weighted by Crippen LogP contribution is -2.55. The minimum Gasteiger partial charge on any atom is -0.368 e. The highest BCUT2D eigenvalue weighted by molar-refractivity contribution is 7.89. The number of rotatable bonds is 7. The normalized spacial score (nSPS) is 24.0. The number of nitrogens with zero attached hydrogens (tertiary/aromatic N) is 3. The van der Waals surface area contributed by atoms with Crippen LogP contribution in [0.25, 0.3) is 0 Å². The largest absolute Gasteiger partial charge is 0.368 e. The second-order valence-electron chi connectivity index (χ2n) is 8.85. The van der Waals surface area contributed by atoms with Crippen LogP contribution < -0.4 is 0 Å². The molecule has 1 amide bonds. The maximum atomic E-state index is 14.0. The van der Waals surface area contributed by atoms with E-state index in [0.717, 1.165) is 12.1 Å². The van der Waals surface area contributed by atoms with E-state index in [-0.39, 0.29) is 46.0 Å². The third-order valence-electron chi connectivity index (χ3n) is 6.67. The summed E-state index contributed by atoms with van der Waals surface area (Å²) in [7, 11) is -4.09. The van der Waals surface area contributed by atoms with Gasteiger partial charge in [0, 0.05) is 34.7 Å². The van der Waals surface area contributed by atoms with Gasteiger partial charge in [-0.2, -0.15) is 4.31 Å². The van der Waals surface area contributed by atoms with E-state index in [4.69, 9.17) is 34.4 Å². The van der Waals surface area contributed by atoms with Crippen LogP contribution in [-0.2, 0) is 19.6 Å². The van der Waals surface area contributed by atoms with Crippen LogP contribution in [0.1, 0.15) is 37.9 Å². The number of aromatic nitrogens is 1. The Hall–Kier alpha value is -2.15. The molecular formula is C25H27Cl2N3O4S. The Morgan fingerprint density at radius 3 is 2.63 bits per heavy atom. The van der Waals surface area contributed by atoms with Gasteiger partial charge in [0.25, 0.3) is 0 Å². The third kappa shape index (κ3) is 5.35. The number of hydrogen-bond acceptors (Lipinski definition) is 5. The van der Waals surface area contributed by atoms with E-state index >= 15 is 0 Å². The molecule has 0 radical (unpaired) electrons. The summed E-state index contributed by atoms with van der Waals surface area (Å²) < 4.78 is 35.0. The molecule has 0 aliphatic carbocycles. The number of benzene rings is 1. The van der Waals surface area contributed by atoms with Gasteiger partial charge in [-0.25, -0.2) is 8.42 Å². The standard InChI is InChI=1S/C25H27Cl2N3O4S/c1-3-11-34-16-18-15-29(17(2)22-7-4-5-10-28-22)25(31)24-9-6-8-23(18)30(24)35(32,33)21-13-19(26)12-20(27)14-21/h1,4-5,7,10,12-14,17-18,23-24H,6,8-9,11,15-16H2,2H3/t17-,18+,23+,24-/m0/s1. The monoisotopic (exact) mass is 535 g/mol. The van der Waals surface area contributed by atoms with Crippen LogP contribution in [0.4, 0.5) is 0 Å². The van der Waals surface area contributed by atoms with Crippen molar-refractivity contribution in [2.24, 2.45) is 5.92 Å². The van der Waals surface area contributed by atoms with Gasteiger partial charge in [-0.15, -0.1) is 6.42 Å². The molecule has 3 heterocycles. The number of terminal acetylenes is 1. The minimum absolute atomic E-state index is 0.0331. The van der Waals surface area contributed by atoms with Gasteiger partial charge in [-0.1, -0.05) is 35.2 Å². The molecule has 10 heteroatoms. The molecular weight excluding hydrogens is 509 g/mol. The van der Waals surface area contributed by atoms with Crippen LogP contribution in [-0.4, -0.2) is 60.4 Å². The highest BCUT2D eigenvalue weighted by Gasteiger charge is 2.51. The van der Waals surface area contributed by atoms with Crippen molar-refractivity contribution in [3.05, 3.63) is 58.3 Å². The van der Waals surface area contributed by atoms with Gasteiger partial charge < -0.3 is 9.64 Å². The minimum atomic E-state index is -4.09. The summed E-state index contributed by atoms with van der Waals surface area (Å²) in [6.45, 7) is 2.56. The fraction of sp³-hybridized carbons (Fsp3) is 0.440. The summed E-state index contributed by atoms with van der Waals surface area (Å²) in [4.78, 5) is 20.1. The Morgan fingerprint density at radius 1 is 1.23 bits per heavy atom. The number of fused-ring (bicyclic) bond motifs is 2. The summed E-state index contributed by atoms with van der Waals surface area (Å²) in [5.41, 5.74) is 0.733. The van der Waals surface area contributed by atoms with Crippen LogP contribution in [0.5, 0.6) is 0 Å². The molecule has 2 aliphatic heterocycles. The SMILES string of the molecule is C#CCOC[C@H]1CN([C@@H](C)c2ccccn2)C(=O)[C@@H]2CCC[C@H]1N2S(=O)(=O)c1cc(Cl)cc(Cl)c1. The summed E-state index contributed by atoms with van der Waals surface area (Å²) >= 11 is 12.3. The van der Waals surface area contributed by atoms with Gasteiger partial charge in [0.05, 0.1) is 23.2 Å². The van der Waals surface area contributed by atoms with E-state index < -0.39 is 22.1 Å². The molecule has 7 nitrogen and oxygen atoms in total. The quantitative estimate of drug-likeness (QED) is 0.392. The molecule has 2 fully saturated rings. The second-order valence-corrected chi connectivity index (χ2v) is 11.6. The maximum absolute atomic E-state index is 14.0. The highest BCUT2D eigenvalue weighted by atomic mass is 35.5. The van der Waals surface area contributed by atoms with E-state index in [9.17, 15) is 13.2 Å². The molecule has 2 bridgehead atoms. The fourth-order valence-corrected chi connectivity index (χ4v) is 7.66. The summed E-state index contributed by atoms with van der Waals surface area (Å²) in [6, 6.07) is 8.12. The Balaban J connectivity index is 1.79. The topological polar surface area (TPSA) is 79.8 Å². The van der Waals surface area contributed by atoms with Gasteiger partial charge in [0.2, 0.25) is 15.9 Å². The molecule has 0 unspecified atom stereocenters. The Morgan fingerprint density at radius 2 is 1.97 bits per heavy atom. The van der Waals surface area contributed by atoms with Crippen molar-refractivity contribution in [3.8, 4) is 12.3 Å². The van der Waals surface area contributed by atoms with Gasteiger partial charge >= 0.3 is 0 Å². The number of carbonyl (C=O) groups excluding carboxylic acids is 1. The van der Waals surface area contributed by atoms with Crippen LogP contribution in [0, 0.1) is 18.3 Å². The molecule has 0 spiro atoms. The Labute approximate surface area is 216 Å². The summed E-state index contributed by atoms with van der Waals surface area (Å²) in [6.07, 6.45) is 8.80. The molecule has 35 heavy (non-hydrogen) atoms. The molecule has 4 atom stereocenters. The average molecular weight is 536 g/mol. The predicted molar refractivity (Wildman–Crippen MR) is 134 cm³/mol. The Kier molecular flexibility index (Phi) is 8.04. The lowest BCUT2D eigenvalue weighted by atomic mass is 9.91. The van der Waals surface area contributed by atoms with Gasteiger partial charge in [0.15, 0.2) is 0 Å². The van der Waals surface area contributed by atoms with Gasteiger partial charge in [0.1, 0.15) is 12.6 Å². The molecule has 1 aromatic heterocycles. The number of carbonyl (C=O) groups is 1. The van der Waals surface area contributed by atoms with Crippen molar-refractivity contribution in [1.29, 1.82) is 0 Å². The van der Waals surface area contributed by atoms with Crippen molar-refractivity contribution in [1.82, 2.24) is 14.2 Å². The zero-order chi connectivity index (χ0) is 25.2. The molecule has 0 N–H and O–H groups in total. The van der Waals surface area contributed by atoms with E-state index in [1.54, 1.807) is 11.1 Å². The number of sulfonamides is 1. The zero-order valence-corrected chi connectivity index (χ0v) is 21.6. The molecule has 186 valence electrons. The second kappa shape index (κ2) is 10.9. The predicted octanol–water partition coefficient (Wildman–Crippen LogP) is 4.17. The van der Waals surface area contributed by atoms with Gasteiger partial charge in [-0.05, 0) is 56.5 Å². The Bertz CT molecular complexity index is 1200. The molecule has 2 aromatic rings. The number of amides is 1. The van der Waals surface area contributed by atoms with Crippen molar-refractivity contribution >= 4 is 39.1 Å². The summed E-state index contributed by atoms with van der Waals surface area (Å²) in [5.74, 6) is 1.92. The first-order chi connectivity index (χ1) is 16.7. The van der Waals surface area contributed by atoms with Crippen LogP contribution >= 0.6 is 23.2 Å². The first-order valence-corrected chi connectivity index (χ1v) is 13.7. The molecule has 1 aromatic carbocycles. The smallest absolute Gasteiger partial charge is 0.244 e. The third-order valence-corrected chi connectivity index (χ3v) is 9.02. The number of pyridine rings is 1. The molecule has 0 saturated carbocycles.